The van der Waals surface area contributed by atoms with Crippen LogP contribution in [0.5, 0.6) is 0 Å². The van der Waals surface area contributed by atoms with E-state index in [1.165, 1.54) is 0 Å². The van der Waals surface area contributed by atoms with Crippen molar-refractivity contribution in [3.05, 3.63) is 0 Å². The number of hydrogen-bond donors (Lipinski definition) is 1. The molecule has 5 nitrogen and oxygen atoms in total. The number of rotatable bonds is 13. The monoisotopic (exact) mass is 289 g/mol. The highest BCUT2D eigenvalue weighted by Gasteiger charge is 2.39. The molecule has 5 heteroatoms. The highest BCUT2D eigenvalue weighted by atomic mass is 16.5. The van der Waals surface area contributed by atoms with Crippen LogP contribution in [0.2, 0.25) is 0 Å². The van der Waals surface area contributed by atoms with Gasteiger partial charge in [-0.05, 0) is 19.3 Å². The second kappa shape index (κ2) is 12.1. The van der Waals surface area contributed by atoms with E-state index in [4.69, 9.17) is 14.2 Å². The van der Waals surface area contributed by atoms with Crippen LogP contribution in [0.1, 0.15) is 40.0 Å². The van der Waals surface area contributed by atoms with Crippen LogP contribution in [0, 0.1) is 5.41 Å². The largest absolute Gasteiger partial charge is 0.380 e. The van der Waals surface area contributed by atoms with E-state index in [-0.39, 0.29) is 5.91 Å². The summed E-state index contributed by atoms with van der Waals surface area (Å²) in [6.45, 7) is 9.03. The molecule has 0 aromatic heterocycles. The maximum Gasteiger partial charge on any atom is 0.233 e. The summed E-state index contributed by atoms with van der Waals surface area (Å²) in [5, 5.41) is 2.71. The van der Waals surface area contributed by atoms with Gasteiger partial charge in [-0.15, -0.1) is 0 Å². The molecule has 0 spiro atoms. The lowest BCUT2D eigenvalue weighted by Crippen LogP contribution is -2.49. The van der Waals surface area contributed by atoms with E-state index in [0.717, 1.165) is 19.3 Å². The van der Waals surface area contributed by atoms with Gasteiger partial charge in [-0.2, -0.15) is 0 Å². The van der Waals surface area contributed by atoms with Crippen molar-refractivity contribution in [2.45, 2.75) is 40.0 Å². The normalized spacial score (nSPS) is 11.6. The molecule has 0 aromatic carbocycles. The number of nitrogens with one attached hydrogen (secondary N) is 1. The summed E-state index contributed by atoms with van der Waals surface area (Å²) >= 11 is 0. The van der Waals surface area contributed by atoms with E-state index in [1.807, 2.05) is 20.8 Å². The first-order valence-corrected chi connectivity index (χ1v) is 7.62. The third kappa shape index (κ3) is 7.22. The number of carbonyl (C=O) groups excluding carboxylic acids is 1. The van der Waals surface area contributed by atoms with Crippen molar-refractivity contribution in [2.24, 2.45) is 5.41 Å². The van der Waals surface area contributed by atoms with E-state index >= 15 is 0 Å². The molecule has 1 N–H and O–H groups in total. The summed E-state index contributed by atoms with van der Waals surface area (Å²) in [4.78, 5) is 12.3. The van der Waals surface area contributed by atoms with Crippen LogP contribution in [-0.2, 0) is 19.0 Å². The molecule has 0 aliphatic carbocycles. The number of ether oxygens (including phenoxy) is 3. The van der Waals surface area contributed by atoms with E-state index in [2.05, 4.69) is 5.32 Å². The van der Waals surface area contributed by atoms with Crippen LogP contribution >= 0.6 is 0 Å². The standard InChI is InChI=1S/C15H31NO4/c1-5-8-18-11-15(14(17)16-4,12-19-9-6-2)13-20-10-7-3/h5-13H2,1-4H3,(H,16,17). The Hall–Kier alpha value is -0.650. The van der Waals surface area contributed by atoms with E-state index in [9.17, 15) is 4.79 Å². The fraction of sp³-hybridized carbons (Fsp3) is 0.933. The lowest BCUT2D eigenvalue weighted by Gasteiger charge is -2.31. The van der Waals surface area contributed by atoms with Crippen molar-refractivity contribution in [1.82, 2.24) is 5.32 Å². The average Bonchev–Trinajstić information content (AvgIpc) is 2.46. The highest BCUT2D eigenvalue weighted by molar-refractivity contribution is 5.82. The van der Waals surface area contributed by atoms with Gasteiger partial charge in [-0.25, -0.2) is 0 Å². The molecule has 1 amide bonds. The quantitative estimate of drug-likeness (QED) is 0.527. The lowest BCUT2D eigenvalue weighted by atomic mass is 9.89. The molecule has 0 rings (SSSR count). The molecule has 0 aliphatic heterocycles. The van der Waals surface area contributed by atoms with Crippen LogP contribution in [0.15, 0.2) is 0 Å². The first kappa shape index (κ1) is 19.4. The molecule has 0 atom stereocenters. The van der Waals surface area contributed by atoms with E-state index in [1.54, 1.807) is 7.05 Å². The molecule has 120 valence electrons. The molecule has 0 fully saturated rings. The molecule has 0 aromatic rings. The first-order valence-electron chi connectivity index (χ1n) is 7.62. The van der Waals surface area contributed by atoms with Crippen LogP contribution in [-0.4, -0.2) is 52.6 Å². The van der Waals surface area contributed by atoms with E-state index < -0.39 is 5.41 Å². The first-order chi connectivity index (χ1) is 9.66. The van der Waals surface area contributed by atoms with Gasteiger partial charge < -0.3 is 19.5 Å². The Kier molecular flexibility index (Phi) is 11.7. The van der Waals surface area contributed by atoms with Crippen molar-refractivity contribution < 1.29 is 19.0 Å². The topological polar surface area (TPSA) is 56.8 Å². The molecule has 0 bridgehead atoms. The fourth-order valence-electron chi connectivity index (χ4n) is 1.82. The van der Waals surface area contributed by atoms with Crippen LogP contribution in [0.3, 0.4) is 0 Å². The van der Waals surface area contributed by atoms with Gasteiger partial charge in [0.2, 0.25) is 5.91 Å². The van der Waals surface area contributed by atoms with Crippen molar-refractivity contribution >= 4 is 5.91 Å². The van der Waals surface area contributed by atoms with Crippen LogP contribution in [0.25, 0.3) is 0 Å². The fourth-order valence-corrected chi connectivity index (χ4v) is 1.82. The minimum absolute atomic E-state index is 0.0826. The summed E-state index contributed by atoms with van der Waals surface area (Å²) in [5.74, 6) is -0.0826. The van der Waals surface area contributed by atoms with Crippen molar-refractivity contribution in [1.29, 1.82) is 0 Å². The molecular formula is C15H31NO4. The Balaban J connectivity index is 4.71. The second-order valence-electron chi connectivity index (χ2n) is 5.02. The SMILES string of the molecule is CCCOCC(COCCC)(COCCC)C(=O)NC. The third-order valence-corrected chi connectivity index (χ3v) is 2.89. The van der Waals surface area contributed by atoms with E-state index in [0.29, 0.717) is 39.6 Å². The number of amides is 1. The van der Waals surface area contributed by atoms with Gasteiger partial charge in [0.25, 0.3) is 0 Å². The molecule has 20 heavy (non-hydrogen) atoms. The summed E-state index contributed by atoms with van der Waals surface area (Å²) in [5.41, 5.74) is -0.756. The minimum atomic E-state index is -0.756. The molecule has 0 saturated heterocycles. The van der Waals surface area contributed by atoms with Crippen molar-refractivity contribution in [3.63, 3.8) is 0 Å². The third-order valence-electron chi connectivity index (χ3n) is 2.89. The predicted molar refractivity (Wildman–Crippen MR) is 79.8 cm³/mol. The molecule has 0 heterocycles. The molecule has 0 unspecified atom stereocenters. The zero-order chi connectivity index (χ0) is 15.3. The van der Waals surface area contributed by atoms with Gasteiger partial charge in [-0.1, -0.05) is 20.8 Å². The predicted octanol–water partition coefficient (Wildman–Crippen LogP) is 2.00. The minimum Gasteiger partial charge on any atom is -0.380 e. The molecule has 0 aliphatic rings. The zero-order valence-electron chi connectivity index (χ0n) is 13.5. The zero-order valence-corrected chi connectivity index (χ0v) is 13.5. The summed E-state index contributed by atoms with van der Waals surface area (Å²) < 4.78 is 16.8. The summed E-state index contributed by atoms with van der Waals surface area (Å²) in [7, 11) is 1.64. The van der Waals surface area contributed by atoms with Gasteiger partial charge in [0.15, 0.2) is 0 Å². The van der Waals surface area contributed by atoms with Gasteiger partial charge in [-0.3, -0.25) is 4.79 Å². The van der Waals surface area contributed by atoms with Gasteiger partial charge in [0.05, 0.1) is 19.8 Å². The van der Waals surface area contributed by atoms with Crippen molar-refractivity contribution in [3.8, 4) is 0 Å². The Labute approximate surface area is 123 Å². The lowest BCUT2D eigenvalue weighted by molar-refractivity contribution is -0.146. The maximum absolute atomic E-state index is 12.3. The number of hydrogen-bond acceptors (Lipinski definition) is 4. The number of carbonyl (C=O) groups is 1. The molecule has 0 radical (unpaired) electrons. The van der Waals surface area contributed by atoms with Gasteiger partial charge >= 0.3 is 0 Å². The summed E-state index contributed by atoms with van der Waals surface area (Å²) in [6.07, 6.45) is 2.78. The van der Waals surface area contributed by atoms with Crippen LogP contribution < -0.4 is 5.32 Å². The Morgan fingerprint density at radius 3 is 1.45 bits per heavy atom. The Morgan fingerprint density at radius 2 is 1.20 bits per heavy atom. The molecule has 0 saturated carbocycles. The van der Waals surface area contributed by atoms with Gasteiger partial charge in [0.1, 0.15) is 5.41 Å². The Bertz CT molecular complexity index is 219. The second-order valence-corrected chi connectivity index (χ2v) is 5.02. The Morgan fingerprint density at radius 1 is 0.850 bits per heavy atom. The summed E-state index contributed by atoms with van der Waals surface area (Å²) in [6, 6.07) is 0. The molecular weight excluding hydrogens is 258 g/mol. The smallest absolute Gasteiger partial charge is 0.233 e. The highest BCUT2D eigenvalue weighted by Crippen LogP contribution is 2.20. The maximum atomic E-state index is 12.3. The van der Waals surface area contributed by atoms with Crippen LogP contribution in [0.4, 0.5) is 0 Å². The van der Waals surface area contributed by atoms with Gasteiger partial charge in [0, 0.05) is 26.9 Å². The average molecular weight is 289 g/mol. The van der Waals surface area contributed by atoms with Crippen molar-refractivity contribution in [2.75, 3.05) is 46.7 Å².